The van der Waals surface area contributed by atoms with E-state index in [9.17, 15) is 13.2 Å². The van der Waals surface area contributed by atoms with E-state index < -0.39 is 21.8 Å². The maximum atomic E-state index is 12.9. The van der Waals surface area contributed by atoms with Gasteiger partial charge in [-0.3, -0.25) is 4.79 Å². The highest BCUT2D eigenvalue weighted by molar-refractivity contribution is 7.87. The third-order valence-corrected chi connectivity index (χ3v) is 7.42. The fourth-order valence-corrected chi connectivity index (χ4v) is 5.42. The van der Waals surface area contributed by atoms with Gasteiger partial charge in [0.05, 0.1) is 5.52 Å². The molecule has 9 heteroatoms. The zero-order valence-electron chi connectivity index (χ0n) is 20.0. The molecule has 0 saturated heterocycles. The molecule has 0 spiro atoms. The van der Waals surface area contributed by atoms with Crippen molar-refractivity contribution in [3.05, 3.63) is 93.5 Å². The Kier molecular flexibility index (Phi) is 7.54. The smallest absolute Gasteiger partial charge is 0.319 e. The van der Waals surface area contributed by atoms with Crippen LogP contribution in [0.5, 0.6) is 5.88 Å². The molecule has 0 N–H and O–H groups in total. The first-order valence-electron chi connectivity index (χ1n) is 11.1. The molecular weight excluding hydrogens is 519 g/mol. The molecule has 0 atom stereocenters. The molecule has 1 aromatic heterocycles. The van der Waals surface area contributed by atoms with Crippen LogP contribution < -0.4 is 4.18 Å². The Labute approximate surface area is 220 Å². The molecule has 0 fully saturated rings. The number of carbonyl (C=O) groups excluding carboxylic acids is 1. The molecule has 4 aromatic rings. The second-order valence-corrected chi connectivity index (χ2v) is 11.0. The molecule has 4 rings (SSSR count). The summed E-state index contributed by atoms with van der Waals surface area (Å²) < 4.78 is 31.0. The van der Waals surface area contributed by atoms with Crippen LogP contribution in [-0.4, -0.2) is 37.0 Å². The third-order valence-electron chi connectivity index (χ3n) is 5.69. The van der Waals surface area contributed by atoms with E-state index in [1.54, 1.807) is 36.4 Å². The largest absolute Gasteiger partial charge is 0.361 e. The number of carbonyl (C=O) groups is 1. The maximum absolute atomic E-state index is 12.9. The van der Waals surface area contributed by atoms with Crippen LogP contribution in [0.25, 0.3) is 22.0 Å². The summed E-state index contributed by atoms with van der Waals surface area (Å²) in [6, 6.07) is 19.8. The highest BCUT2D eigenvalue weighted by atomic mass is 35.5. The van der Waals surface area contributed by atoms with E-state index in [1.165, 1.54) is 11.9 Å². The minimum Gasteiger partial charge on any atom is -0.361 e. The van der Waals surface area contributed by atoms with Crippen molar-refractivity contribution < 1.29 is 17.4 Å². The summed E-state index contributed by atoms with van der Waals surface area (Å²) in [5.74, 6) is -1.61. The van der Waals surface area contributed by atoms with Gasteiger partial charge in [0.15, 0.2) is 5.75 Å². The number of hydrogen-bond donors (Lipinski definition) is 0. The first kappa shape index (κ1) is 25.9. The lowest BCUT2D eigenvalue weighted by molar-refractivity contribution is -0.127. The molecule has 186 valence electrons. The lowest BCUT2D eigenvalue weighted by Crippen LogP contribution is -2.33. The highest BCUT2D eigenvalue weighted by Crippen LogP contribution is 2.37. The van der Waals surface area contributed by atoms with Crippen molar-refractivity contribution in [2.75, 3.05) is 12.8 Å². The second kappa shape index (κ2) is 10.5. The molecule has 36 heavy (non-hydrogen) atoms. The Morgan fingerprint density at radius 3 is 2.31 bits per heavy atom. The van der Waals surface area contributed by atoms with E-state index in [2.05, 4.69) is 4.98 Å². The van der Waals surface area contributed by atoms with Gasteiger partial charge in [-0.15, -0.1) is 0 Å². The molecule has 1 amide bonds. The number of fused-ring (bicyclic) bond motifs is 1. The molecule has 0 bridgehead atoms. The number of aromatic nitrogens is 1. The van der Waals surface area contributed by atoms with E-state index in [0.29, 0.717) is 26.7 Å². The quantitative estimate of drug-likeness (QED) is 0.260. The maximum Gasteiger partial charge on any atom is 0.319 e. The minimum absolute atomic E-state index is 0.135. The Hall–Kier alpha value is -3.13. The third kappa shape index (κ3) is 5.81. The average molecular weight is 543 g/mol. The first-order valence-corrected chi connectivity index (χ1v) is 13.4. The van der Waals surface area contributed by atoms with Crippen LogP contribution in [0, 0.1) is 13.8 Å². The number of rotatable bonds is 7. The molecule has 0 radical (unpaired) electrons. The van der Waals surface area contributed by atoms with Gasteiger partial charge in [-0.2, -0.15) is 8.42 Å². The van der Waals surface area contributed by atoms with Crippen LogP contribution in [0.3, 0.4) is 0 Å². The molecule has 6 nitrogen and oxygen atoms in total. The van der Waals surface area contributed by atoms with Crippen LogP contribution in [-0.2, 0) is 21.5 Å². The summed E-state index contributed by atoms with van der Waals surface area (Å²) in [4.78, 5) is 18.4. The minimum atomic E-state index is -4.30. The topological polar surface area (TPSA) is 76.6 Å². The molecule has 0 saturated carbocycles. The van der Waals surface area contributed by atoms with Crippen LogP contribution in [0.4, 0.5) is 0 Å². The van der Waals surface area contributed by atoms with Crippen molar-refractivity contribution in [2.24, 2.45) is 0 Å². The van der Waals surface area contributed by atoms with Gasteiger partial charge in [0.1, 0.15) is 0 Å². The van der Waals surface area contributed by atoms with Crippen molar-refractivity contribution >= 4 is 50.1 Å². The van der Waals surface area contributed by atoms with Gasteiger partial charge in [-0.05, 0) is 54.3 Å². The number of hydrogen-bond acceptors (Lipinski definition) is 5. The molecule has 0 aliphatic carbocycles. The SMILES string of the molecule is Cc1cc(C)c2c(-c3ccccc3Cl)cc(OS(=O)(=O)CC(=O)N(C)Cc3ccccc3Cl)nc2c1. The summed E-state index contributed by atoms with van der Waals surface area (Å²) in [7, 11) is -2.79. The monoisotopic (exact) mass is 542 g/mol. The molecule has 3 aromatic carbocycles. The van der Waals surface area contributed by atoms with E-state index in [4.69, 9.17) is 27.4 Å². The van der Waals surface area contributed by atoms with Gasteiger partial charge < -0.3 is 9.08 Å². The molecule has 1 heterocycles. The van der Waals surface area contributed by atoms with E-state index in [-0.39, 0.29) is 12.4 Å². The summed E-state index contributed by atoms with van der Waals surface area (Å²) in [6.07, 6.45) is 0. The number of nitrogens with zero attached hydrogens (tertiary/aromatic N) is 2. The van der Waals surface area contributed by atoms with Gasteiger partial charge in [0.2, 0.25) is 11.8 Å². The predicted octanol–water partition coefficient (Wildman–Crippen LogP) is 6.19. The van der Waals surface area contributed by atoms with E-state index in [0.717, 1.165) is 22.1 Å². The summed E-state index contributed by atoms with van der Waals surface area (Å²) in [5.41, 5.74) is 4.62. The van der Waals surface area contributed by atoms with Crippen molar-refractivity contribution in [1.82, 2.24) is 9.88 Å². The van der Waals surface area contributed by atoms with Crippen molar-refractivity contribution in [3.8, 4) is 17.0 Å². The van der Waals surface area contributed by atoms with Crippen molar-refractivity contribution in [3.63, 3.8) is 0 Å². The standard InChI is InChI=1S/C27H24Cl2N2O4S/c1-17-12-18(2)27-21(20-9-5-7-11-23(20)29)14-25(30-24(27)13-17)35-36(33,34)16-26(32)31(3)15-19-8-4-6-10-22(19)28/h4-14H,15-16H2,1-3H3. The van der Waals surface area contributed by atoms with Crippen LogP contribution in [0.2, 0.25) is 10.0 Å². The fraction of sp³-hybridized carbons (Fsp3) is 0.185. The normalized spacial score (nSPS) is 11.5. The Morgan fingerprint density at radius 2 is 1.61 bits per heavy atom. The predicted molar refractivity (Wildman–Crippen MR) is 144 cm³/mol. The fourth-order valence-electron chi connectivity index (χ4n) is 4.06. The van der Waals surface area contributed by atoms with Gasteiger partial charge in [-0.1, -0.05) is 65.7 Å². The Bertz CT molecular complexity index is 1570. The van der Waals surface area contributed by atoms with Crippen molar-refractivity contribution in [1.29, 1.82) is 0 Å². The lowest BCUT2D eigenvalue weighted by Gasteiger charge is -2.18. The number of benzene rings is 3. The molecular formula is C27H24Cl2N2O4S. The highest BCUT2D eigenvalue weighted by Gasteiger charge is 2.24. The van der Waals surface area contributed by atoms with Gasteiger partial charge in [0, 0.05) is 40.7 Å². The Morgan fingerprint density at radius 1 is 0.944 bits per heavy atom. The van der Waals surface area contributed by atoms with E-state index in [1.807, 2.05) is 44.2 Å². The van der Waals surface area contributed by atoms with Gasteiger partial charge >= 0.3 is 10.1 Å². The summed E-state index contributed by atoms with van der Waals surface area (Å²) in [5, 5.41) is 1.85. The lowest BCUT2D eigenvalue weighted by atomic mass is 9.96. The zero-order valence-corrected chi connectivity index (χ0v) is 22.3. The second-order valence-electron chi connectivity index (χ2n) is 8.59. The number of halogens is 2. The Balaban J connectivity index is 1.65. The molecule has 0 unspecified atom stereocenters. The van der Waals surface area contributed by atoms with Crippen LogP contribution >= 0.6 is 23.2 Å². The van der Waals surface area contributed by atoms with Gasteiger partial charge in [-0.25, -0.2) is 4.98 Å². The van der Waals surface area contributed by atoms with E-state index >= 15 is 0 Å². The van der Waals surface area contributed by atoms with Gasteiger partial charge in [0.25, 0.3) is 0 Å². The number of amides is 1. The molecule has 0 aliphatic heterocycles. The summed E-state index contributed by atoms with van der Waals surface area (Å²) >= 11 is 12.6. The number of pyridine rings is 1. The summed E-state index contributed by atoms with van der Waals surface area (Å²) in [6.45, 7) is 4.06. The number of aryl methyl sites for hydroxylation is 2. The average Bonchev–Trinajstić information content (AvgIpc) is 2.79. The van der Waals surface area contributed by atoms with Crippen LogP contribution in [0.1, 0.15) is 16.7 Å². The zero-order chi connectivity index (χ0) is 26.0. The van der Waals surface area contributed by atoms with Crippen LogP contribution in [0.15, 0.2) is 66.7 Å². The molecule has 0 aliphatic rings. The van der Waals surface area contributed by atoms with Crippen molar-refractivity contribution in [2.45, 2.75) is 20.4 Å². The first-order chi connectivity index (χ1) is 17.0.